The van der Waals surface area contributed by atoms with Gasteiger partial charge in [0.1, 0.15) is 5.75 Å². The van der Waals surface area contributed by atoms with E-state index in [0.29, 0.717) is 17.3 Å². The molecule has 0 aliphatic rings. The molecule has 1 heterocycles. The first-order valence-corrected chi connectivity index (χ1v) is 7.62. The highest BCUT2D eigenvalue weighted by Crippen LogP contribution is 2.16. The zero-order valence-electron chi connectivity index (χ0n) is 11.5. The highest BCUT2D eigenvalue weighted by Gasteiger charge is 2.09. The Hall–Kier alpha value is -1.53. The van der Waals surface area contributed by atoms with E-state index in [1.54, 1.807) is 30.5 Å². The van der Waals surface area contributed by atoms with Gasteiger partial charge < -0.3 is 10.1 Å². The Kier molecular flexibility index (Phi) is 5.64. The Morgan fingerprint density at radius 1 is 1.43 bits per heavy atom. The molecule has 21 heavy (non-hydrogen) atoms. The number of nitrogens with one attached hydrogen (secondary N) is 1. The van der Waals surface area contributed by atoms with Gasteiger partial charge in [0.2, 0.25) is 0 Å². The standard InChI is InChI=1S/C14H15BrClN3O2/c1-2-19-13(12(15)7-18-19)8-17-14(20)9-21-11-5-3-10(16)4-6-11/h3-7H,2,8-9H2,1H3,(H,17,20). The molecule has 1 aromatic heterocycles. The molecule has 0 aliphatic carbocycles. The number of hydrogen-bond donors (Lipinski definition) is 1. The van der Waals surface area contributed by atoms with Gasteiger partial charge in [-0.2, -0.15) is 5.10 Å². The van der Waals surface area contributed by atoms with Crippen molar-refractivity contribution in [2.24, 2.45) is 0 Å². The van der Waals surface area contributed by atoms with Gasteiger partial charge in [0, 0.05) is 11.6 Å². The minimum atomic E-state index is -0.194. The first-order valence-electron chi connectivity index (χ1n) is 6.45. The van der Waals surface area contributed by atoms with E-state index in [2.05, 4.69) is 26.3 Å². The molecule has 0 saturated carbocycles. The van der Waals surface area contributed by atoms with Crippen LogP contribution in [0.25, 0.3) is 0 Å². The third-order valence-electron chi connectivity index (χ3n) is 2.83. The fourth-order valence-corrected chi connectivity index (χ4v) is 2.31. The number of aromatic nitrogens is 2. The van der Waals surface area contributed by atoms with Crippen LogP contribution in [0.15, 0.2) is 34.9 Å². The minimum Gasteiger partial charge on any atom is -0.484 e. The molecule has 1 N–H and O–H groups in total. The van der Waals surface area contributed by atoms with Gasteiger partial charge in [-0.25, -0.2) is 0 Å². The summed E-state index contributed by atoms with van der Waals surface area (Å²) >= 11 is 9.19. The number of benzene rings is 1. The quantitative estimate of drug-likeness (QED) is 0.848. The summed E-state index contributed by atoms with van der Waals surface area (Å²) < 4.78 is 8.08. The van der Waals surface area contributed by atoms with Gasteiger partial charge in [0.15, 0.2) is 6.61 Å². The smallest absolute Gasteiger partial charge is 0.258 e. The van der Waals surface area contributed by atoms with Crippen molar-refractivity contribution in [2.45, 2.75) is 20.0 Å². The molecule has 0 fully saturated rings. The van der Waals surface area contributed by atoms with E-state index in [-0.39, 0.29) is 12.5 Å². The van der Waals surface area contributed by atoms with Crippen molar-refractivity contribution in [1.82, 2.24) is 15.1 Å². The SMILES string of the molecule is CCn1ncc(Br)c1CNC(=O)COc1ccc(Cl)cc1. The lowest BCUT2D eigenvalue weighted by Crippen LogP contribution is -2.29. The van der Waals surface area contributed by atoms with Crippen molar-refractivity contribution in [1.29, 1.82) is 0 Å². The number of nitrogens with zero attached hydrogens (tertiary/aromatic N) is 2. The molecule has 5 nitrogen and oxygen atoms in total. The summed E-state index contributed by atoms with van der Waals surface area (Å²) in [5, 5.41) is 7.62. The number of amides is 1. The summed E-state index contributed by atoms with van der Waals surface area (Å²) in [5.74, 6) is 0.412. The van der Waals surface area contributed by atoms with Crippen molar-refractivity contribution in [3.8, 4) is 5.75 Å². The first kappa shape index (κ1) is 15.9. The minimum absolute atomic E-state index is 0.0421. The van der Waals surface area contributed by atoms with Crippen molar-refractivity contribution >= 4 is 33.4 Å². The topological polar surface area (TPSA) is 56.2 Å². The monoisotopic (exact) mass is 371 g/mol. The molecule has 112 valence electrons. The van der Waals surface area contributed by atoms with E-state index >= 15 is 0 Å². The van der Waals surface area contributed by atoms with E-state index in [9.17, 15) is 4.79 Å². The lowest BCUT2D eigenvalue weighted by Gasteiger charge is -2.09. The largest absolute Gasteiger partial charge is 0.484 e. The molecule has 0 unspecified atom stereocenters. The van der Waals surface area contributed by atoms with E-state index < -0.39 is 0 Å². The molecule has 0 aliphatic heterocycles. The lowest BCUT2D eigenvalue weighted by atomic mass is 10.3. The lowest BCUT2D eigenvalue weighted by molar-refractivity contribution is -0.123. The number of carbonyl (C=O) groups excluding carboxylic acids is 1. The van der Waals surface area contributed by atoms with Gasteiger partial charge in [0.25, 0.3) is 5.91 Å². The Balaban J connectivity index is 1.82. The number of halogens is 2. The molecular formula is C14H15BrClN3O2. The van der Waals surface area contributed by atoms with Crippen LogP contribution in [-0.2, 0) is 17.9 Å². The Bertz CT molecular complexity index is 613. The number of hydrogen-bond acceptors (Lipinski definition) is 3. The summed E-state index contributed by atoms with van der Waals surface area (Å²) in [7, 11) is 0. The van der Waals surface area contributed by atoms with Crippen LogP contribution < -0.4 is 10.1 Å². The zero-order chi connectivity index (χ0) is 15.2. The first-order chi connectivity index (χ1) is 10.1. The van der Waals surface area contributed by atoms with Crippen molar-refractivity contribution in [2.75, 3.05) is 6.61 Å². The van der Waals surface area contributed by atoms with Crippen molar-refractivity contribution < 1.29 is 9.53 Å². The molecule has 0 atom stereocenters. The molecule has 2 rings (SSSR count). The van der Waals surface area contributed by atoms with Crippen molar-refractivity contribution in [3.05, 3.63) is 45.7 Å². The fourth-order valence-electron chi connectivity index (χ4n) is 1.75. The average molecular weight is 373 g/mol. The molecule has 2 aromatic rings. The number of ether oxygens (including phenoxy) is 1. The third-order valence-corrected chi connectivity index (χ3v) is 3.75. The second-order valence-corrected chi connectivity index (χ2v) is 5.57. The summed E-state index contributed by atoms with van der Waals surface area (Å²) in [6.07, 6.45) is 1.72. The third kappa shape index (κ3) is 4.47. The summed E-state index contributed by atoms with van der Waals surface area (Å²) in [6.45, 7) is 3.10. The van der Waals surface area contributed by atoms with Gasteiger partial charge in [-0.05, 0) is 47.1 Å². The van der Waals surface area contributed by atoms with Crippen LogP contribution in [0.3, 0.4) is 0 Å². The van der Waals surface area contributed by atoms with Gasteiger partial charge in [-0.1, -0.05) is 11.6 Å². The molecule has 1 amide bonds. The predicted octanol–water partition coefficient (Wildman–Crippen LogP) is 3.01. The van der Waals surface area contributed by atoms with Crippen LogP contribution in [0.5, 0.6) is 5.75 Å². The highest BCUT2D eigenvalue weighted by atomic mass is 79.9. The van der Waals surface area contributed by atoms with Crippen LogP contribution in [0, 0.1) is 0 Å². The molecule has 0 radical (unpaired) electrons. The molecule has 1 aromatic carbocycles. The maximum atomic E-state index is 11.8. The van der Waals surface area contributed by atoms with E-state index in [0.717, 1.165) is 16.7 Å². The number of carbonyl (C=O) groups is 1. The molecule has 0 saturated heterocycles. The highest BCUT2D eigenvalue weighted by molar-refractivity contribution is 9.10. The second kappa shape index (κ2) is 7.47. The van der Waals surface area contributed by atoms with Crippen LogP contribution in [0.2, 0.25) is 5.02 Å². The maximum Gasteiger partial charge on any atom is 0.258 e. The van der Waals surface area contributed by atoms with Gasteiger partial charge in [0.05, 0.1) is 22.9 Å². The summed E-state index contributed by atoms with van der Waals surface area (Å²) in [4.78, 5) is 11.8. The van der Waals surface area contributed by atoms with Gasteiger partial charge in [-0.3, -0.25) is 9.48 Å². The van der Waals surface area contributed by atoms with Crippen LogP contribution in [0.1, 0.15) is 12.6 Å². The number of aryl methyl sites for hydroxylation is 1. The van der Waals surface area contributed by atoms with E-state index in [1.807, 2.05) is 11.6 Å². The fraction of sp³-hybridized carbons (Fsp3) is 0.286. The summed E-state index contributed by atoms with van der Waals surface area (Å²) in [5.41, 5.74) is 0.928. The predicted molar refractivity (Wildman–Crippen MR) is 84.4 cm³/mol. The van der Waals surface area contributed by atoms with E-state index in [1.165, 1.54) is 0 Å². The van der Waals surface area contributed by atoms with Crippen LogP contribution >= 0.6 is 27.5 Å². The second-order valence-electron chi connectivity index (χ2n) is 4.27. The normalized spacial score (nSPS) is 10.4. The van der Waals surface area contributed by atoms with Gasteiger partial charge in [-0.15, -0.1) is 0 Å². The molecule has 0 bridgehead atoms. The average Bonchev–Trinajstić information content (AvgIpc) is 2.84. The Morgan fingerprint density at radius 3 is 2.81 bits per heavy atom. The molecular weight excluding hydrogens is 358 g/mol. The molecule has 7 heteroatoms. The van der Waals surface area contributed by atoms with Gasteiger partial charge >= 0.3 is 0 Å². The summed E-state index contributed by atoms with van der Waals surface area (Å²) in [6, 6.07) is 6.87. The van der Waals surface area contributed by atoms with E-state index in [4.69, 9.17) is 16.3 Å². The Morgan fingerprint density at radius 2 is 2.14 bits per heavy atom. The number of rotatable bonds is 6. The maximum absolute atomic E-state index is 11.8. The van der Waals surface area contributed by atoms with Crippen LogP contribution in [-0.4, -0.2) is 22.3 Å². The van der Waals surface area contributed by atoms with Crippen molar-refractivity contribution in [3.63, 3.8) is 0 Å². The Labute approximate surface area is 136 Å². The zero-order valence-corrected chi connectivity index (χ0v) is 13.8. The van der Waals surface area contributed by atoms with Crippen LogP contribution in [0.4, 0.5) is 0 Å². The molecule has 0 spiro atoms.